The highest BCUT2D eigenvalue weighted by Gasteiger charge is 2.33. The van der Waals surface area contributed by atoms with E-state index in [4.69, 9.17) is 18.7 Å². The first kappa shape index (κ1) is 20.7. The first-order valence-electron chi connectivity index (χ1n) is 10.2. The zero-order chi connectivity index (χ0) is 21.8. The maximum absolute atomic E-state index is 12.6. The van der Waals surface area contributed by atoms with Gasteiger partial charge in [0, 0.05) is 37.1 Å². The summed E-state index contributed by atoms with van der Waals surface area (Å²) in [5, 5.41) is 4.13. The summed E-state index contributed by atoms with van der Waals surface area (Å²) in [5.41, 5.74) is 1.75. The van der Waals surface area contributed by atoms with E-state index in [1.165, 1.54) is 0 Å². The van der Waals surface area contributed by atoms with E-state index in [1.807, 2.05) is 36.1 Å². The molecule has 1 aliphatic heterocycles. The summed E-state index contributed by atoms with van der Waals surface area (Å²) in [4.78, 5) is 18.9. The lowest BCUT2D eigenvalue weighted by Gasteiger charge is -2.16. The zero-order valence-corrected chi connectivity index (χ0v) is 17.8. The molecule has 0 N–H and O–H groups in total. The Hall–Kier alpha value is -3.55. The Morgan fingerprint density at radius 1 is 1.06 bits per heavy atom. The fraction of sp³-hybridized carbons (Fsp3) is 0.348. The van der Waals surface area contributed by atoms with Crippen molar-refractivity contribution in [3.8, 4) is 28.7 Å². The lowest BCUT2D eigenvalue weighted by atomic mass is 10.1. The molecule has 162 valence electrons. The zero-order valence-electron chi connectivity index (χ0n) is 17.8. The van der Waals surface area contributed by atoms with Crippen LogP contribution < -0.4 is 14.2 Å². The molecule has 0 saturated carbocycles. The quantitative estimate of drug-likeness (QED) is 0.546. The van der Waals surface area contributed by atoms with E-state index in [0.29, 0.717) is 54.9 Å². The third-order valence-corrected chi connectivity index (χ3v) is 5.23. The standard InChI is InChI=1S/C23H25N3O5/c1-4-30-18-7-5-15(6-8-18)13-26-14-17(11-21(26)27)22-24-23(31-25-22)16-9-19(28-2)12-20(10-16)29-3/h5-10,12,17H,4,11,13-14H2,1-3H3. The molecule has 2 heterocycles. The van der Waals surface area contributed by atoms with Crippen LogP contribution in [0.15, 0.2) is 47.0 Å². The van der Waals surface area contributed by atoms with Gasteiger partial charge < -0.3 is 23.6 Å². The highest BCUT2D eigenvalue weighted by molar-refractivity contribution is 5.79. The van der Waals surface area contributed by atoms with Gasteiger partial charge in [-0.1, -0.05) is 17.3 Å². The van der Waals surface area contributed by atoms with Crippen LogP contribution in [0.4, 0.5) is 0 Å². The second-order valence-corrected chi connectivity index (χ2v) is 7.31. The summed E-state index contributed by atoms with van der Waals surface area (Å²) in [5.74, 6) is 2.95. The highest BCUT2D eigenvalue weighted by atomic mass is 16.5. The number of rotatable bonds is 8. The molecule has 2 aromatic carbocycles. The van der Waals surface area contributed by atoms with Crippen molar-refractivity contribution < 1.29 is 23.5 Å². The molecule has 1 amide bonds. The van der Waals surface area contributed by atoms with E-state index < -0.39 is 0 Å². The molecule has 1 fully saturated rings. The van der Waals surface area contributed by atoms with Crippen molar-refractivity contribution in [3.05, 3.63) is 53.9 Å². The number of ether oxygens (including phenoxy) is 3. The second kappa shape index (κ2) is 9.07. The van der Waals surface area contributed by atoms with E-state index in [-0.39, 0.29) is 11.8 Å². The summed E-state index contributed by atoms with van der Waals surface area (Å²) < 4.78 is 21.5. The van der Waals surface area contributed by atoms with E-state index in [0.717, 1.165) is 11.3 Å². The number of carbonyl (C=O) groups excluding carboxylic acids is 1. The SMILES string of the molecule is CCOc1ccc(CN2CC(c3noc(-c4cc(OC)cc(OC)c4)n3)CC2=O)cc1. The average Bonchev–Trinajstić information content (AvgIpc) is 3.42. The number of hydrogen-bond acceptors (Lipinski definition) is 7. The minimum Gasteiger partial charge on any atom is -0.497 e. The Morgan fingerprint density at radius 2 is 1.77 bits per heavy atom. The fourth-order valence-corrected chi connectivity index (χ4v) is 3.62. The third-order valence-electron chi connectivity index (χ3n) is 5.23. The molecule has 0 spiro atoms. The number of likely N-dealkylation sites (tertiary alicyclic amines) is 1. The van der Waals surface area contributed by atoms with Crippen molar-refractivity contribution in [1.82, 2.24) is 15.0 Å². The Kier molecular flexibility index (Phi) is 6.06. The predicted octanol–water partition coefficient (Wildman–Crippen LogP) is 3.67. The van der Waals surface area contributed by atoms with Gasteiger partial charge in [-0.05, 0) is 36.8 Å². The molecule has 1 atom stereocenters. The molecule has 0 aliphatic carbocycles. The van der Waals surface area contributed by atoms with Crippen LogP contribution in [0.2, 0.25) is 0 Å². The molecule has 3 aromatic rings. The van der Waals surface area contributed by atoms with Gasteiger partial charge in [0.15, 0.2) is 5.82 Å². The van der Waals surface area contributed by atoms with Gasteiger partial charge in [-0.2, -0.15) is 4.98 Å². The topological polar surface area (TPSA) is 86.9 Å². The second-order valence-electron chi connectivity index (χ2n) is 7.31. The first-order chi connectivity index (χ1) is 15.1. The van der Waals surface area contributed by atoms with Gasteiger partial charge in [0.05, 0.1) is 20.8 Å². The molecule has 0 radical (unpaired) electrons. The Bertz CT molecular complexity index is 1030. The molecule has 1 aromatic heterocycles. The normalized spacial score (nSPS) is 15.9. The largest absolute Gasteiger partial charge is 0.497 e. The number of nitrogens with zero attached hydrogens (tertiary/aromatic N) is 3. The third kappa shape index (κ3) is 4.63. The van der Waals surface area contributed by atoms with E-state index in [9.17, 15) is 4.79 Å². The summed E-state index contributed by atoms with van der Waals surface area (Å²) in [6.07, 6.45) is 0.359. The molecule has 8 nitrogen and oxygen atoms in total. The monoisotopic (exact) mass is 423 g/mol. The maximum Gasteiger partial charge on any atom is 0.258 e. The van der Waals surface area contributed by atoms with Gasteiger partial charge in [-0.15, -0.1) is 0 Å². The van der Waals surface area contributed by atoms with Crippen LogP contribution in [-0.2, 0) is 11.3 Å². The Labute approximate surface area is 180 Å². The molecular weight excluding hydrogens is 398 g/mol. The van der Waals surface area contributed by atoms with Crippen molar-refractivity contribution in [2.45, 2.75) is 25.8 Å². The molecule has 1 saturated heterocycles. The Balaban J connectivity index is 1.46. The number of methoxy groups -OCH3 is 2. The summed E-state index contributed by atoms with van der Waals surface area (Å²) >= 11 is 0. The molecule has 8 heteroatoms. The summed E-state index contributed by atoms with van der Waals surface area (Å²) in [6, 6.07) is 13.2. The van der Waals surface area contributed by atoms with Crippen LogP contribution in [0.1, 0.15) is 30.7 Å². The highest BCUT2D eigenvalue weighted by Crippen LogP contribution is 2.32. The summed E-state index contributed by atoms with van der Waals surface area (Å²) in [6.45, 7) is 3.66. The lowest BCUT2D eigenvalue weighted by molar-refractivity contribution is -0.128. The van der Waals surface area contributed by atoms with Gasteiger partial charge in [0.2, 0.25) is 5.91 Å². The fourth-order valence-electron chi connectivity index (χ4n) is 3.62. The molecule has 1 aliphatic rings. The van der Waals surface area contributed by atoms with Crippen LogP contribution in [0, 0.1) is 0 Å². The molecule has 4 rings (SSSR count). The van der Waals surface area contributed by atoms with Crippen LogP contribution in [0.3, 0.4) is 0 Å². The maximum atomic E-state index is 12.6. The van der Waals surface area contributed by atoms with Crippen molar-refractivity contribution in [3.63, 3.8) is 0 Å². The lowest BCUT2D eigenvalue weighted by Crippen LogP contribution is -2.24. The van der Waals surface area contributed by atoms with Crippen molar-refractivity contribution in [1.29, 1.82) is 0 Å². The number of hydrogen-bond donors (Lipinski definition) is 0. The van der Waals surface area contributed by atoms with E-state index in [1.54, 1.807) is 32.4 Å². The number of amides is 1. The number of carbonyl (C=O) groups is 1. The minimum absolute atomic E-state index is 0.0771. The van der Waals surface area contributed by atoms with Gasteiger partial charge in [0.1, 0.15) is 17.2 Å². The smallest absolute Gasteiger partial charge is 0.258 e. The van der Waals surface area contributed by atoms with Crippen molar-refractivity contribution in [2.24, 2.45) is 0 Å². The molecule has 1 unspecified atom stereocenters. The predicted molar refractivity (Wildman–Crippen MR) is 113 cm³/mol. The van der Waals surface area contributed by atoms with Crippen LogP contribution in [-0.4, -0.2) is 48.3 Å². The molecule has 31 heavy (non-hydrogen) atoms. The van der Waals surface area contributed by atoms with E-state index >= 15 is 0 Å². The minimum atomic E-state index is -0.111. The summed E-state index contributed by atoms with van der Waals surface area (Å²) in [7, 11) is 3.17. The Morgan fingerprint density at radius 3 is 2.42 bits per heavy atom. The first-order valence-corrected chi connectivity index (χ1v) is 10.2. The van der Waals surface area contributed by atoms with Crippen molar-refractivity contribution >= 4 is 5.91 Å². The molecular formula is C23H25N3O5. The number of aromatic nitrogens is 2. The van der Waals surface area contributed by atoms with Crippen molar-refractivity contribution in [2.75, 3.05) is 27.4 Å². The van der Waals surface area contributed by atoms with Gasteiger partial charge >= 0.3 is 0 Å². The van der Waals surface area contributed by atoms with Crippen LogP contribution in [0.5, 0.6) is 17.2 Å². The average molecular weight is 423 g/mol. The van der Waals surface area contributed by atoms with Crippen LogP contribution in [0.25, 0.3) is 11.5 Å². The van der Waals surface area contributed by atoms with Crippen LogP contribution >= 0.6 is 0 Å². The van der Waals surface area contributed by atoms with Gasteiger partial charge in [-0.25, -0.2) is 0 Å². The van der Waals surface area contributed by atoms with Gasteiger partial charge in [0.25, 0.3) is 5.89 Å². The molecule has 0 bridgehead atoms. The number of benzene rings is 2. The van der Waals surface area contributed by atoms with Gasteiger partial charge in [-0.3, -0.25) is 4.79 Å². The van der Waals surface area contributed by atoms with E-state index in [2.05, 4.69) is 10.1 Å².